The highest BCUT2D eigenvalue weighted by atomic mass is 35.5. The second kappa shape index (κ2) is 10.5. The molecule has 178 valence electrons. The Morgan fingerprint density at radius 1 is 1.18 bits per heavy atom. The van der Waals surface area contributed by atoms with Crippen molar-refractivity contribution in [3.05, 3.63) is 63.7 Å². The minimum atomic E-state index is -1.06. The SMILES string of the molecule is Cc1cc(C)c(OCC(=O)O)c([C@H]2C[C@@](C)(NC(=O)CCO)C[C@@H](c3ccc(Cl)cc3)O2)c1. The molecule has 1 aliphatic rings. The standard InChI is InChI=1S/C25H30ClNO6/c1-15-10-16(2)24(32-14-23(30)31)19(11-15)21-13-25(3,27-22(29)8-9-28)12-20(33-21)17-4-6-18(26)7-5-17/h4-7,10-11,20-21,28H,8-9,12-14H2,1-3H3,(H,27,29)(H,30,31)/t20-,21+,25-/m0/s1. The van der Waals surface area contributed by atoms with Gasteiger partial charge < -0.3 is 25.0 Å². The molecule has 0 radical (unpaired) electrons. The van der Waals surface area contributed by atoms with Gasteiger partial charge in [0.2, 0.25) is 5.91 Å². The summed E-state index contributed by atoms with van der Waals surface area (Å²) < 4.78 is 12.2. The van der Waals surface area contributed by atoms with E-state index in [-0.39, 0.29) is 25.0 Å². The van der Waals surface area contributed by atoms with Crippen LogP contribution in [0.3, 0.4) is 0 Å². The summed E-state index contributed by atoms with van der Waals surface area (Å²) in [5.41, 5.74) is 2.85. The number of aliphatic carboxylic acids is 1. The molecule has 0 bridgehead atoms. The predicted molar refractivity (Wildman–Crippen MR) is 125 cm³/mol. The van der Waals surface area contributed by atoms with Gasteiger partial charge in [-0.25, -0.2) is 4.79 Å². The maximum atomic E-state index is 12.4. The molecular weight excluding hydrogens is 446 g/mol. The van der Waals surface area contributed by atoms with E-state index in [1.807, 2.05) is 45.0 Å². The van der Waals surface area contributed by atoms with E-state index in [0.29, 0.717) is 23.6 Å². The number of aliphatic hydroxyl groups is 1. The fraction of sp³-hybridized carbons (Fsp3) is 0.440. The molecule has 3 atom stereocenters. The Kier molecular flexibility index (Phi) is 8.00. The molecule has 2 aromatic carbocycles. The van der Waals surface area contributed by atoms with E-state index < -0.39 is 24.2 Å². The van der Waals surface area contributed by atoms with E-state index in [4.69, 9.17) is 26.2 Å². The molecule has 1 heterocycles. The molecule has 2 aromatic rings. The van der Waals surface area contributed by atoms with Crippen molar-refractivity contribution in [1.29, 1.82) is 0 Å². The van der Waals surface area contributed by atoms with Crippen molar-refractivity contribution in [2.75, 3.05) is 13.2 Å². The van der Waals surface area contributed by atoms with Crippen LogP contribution in [0.2, 0.25) is 5.02 Å². The molecule has 1 fully saturated rings. The summed E-state index contributed by atoms with van der Waals surface area (Å²) in [5, 5.41) is 22.0. The minimum Gasteiger partial charge on any atom is -0.481 e. The van der Waals surface area contributed by atoms with E-state index in [0.717, 1.165) is 22.3 Å². The molecule has 0 aliphatic carbocycles. The third-order valence-electron chi connectivity index (χ3n) is 5.76. The van der Waals surface area contributed by atoms with Crippen LogP contribution in [0, 0.1) is 13.8 Å². The van der Waals surface area contributed by atoms with Gasteiger partial charge in [-0.15, -0.1) is 0 Å². The molecule has 1 aliphatic heterocycles. The minimum absolute atomic E-state index is 0.0171. The smallest absolute Gasteiger partial charge is 0.341 e. The van der Waals surface area contributed by atoms with Crippen LogP contribution >= 0.6 is 11.6 Å². The van der Waals surface area contributed by atoms with Crippen LogP contribution in [0.4, 0.5) is 0 Å². The zero-order valence-electron chi connectivity index (χ0n) is 19.1. The van der Waals surface area contributed by atoms with Gasteiger partial charge in [-0.3, -0.25) is 4.79 Å². The van der Waals surface area contributed by atoms with E-state index in [1.165, 1.54) is 0 Å². The molecule has 8 heteroatoms. The lowest BCUT2D eigenvalue weighted by atomic mass is 9.80. The van der Waals surface area contributed by atoms with Gasteiger partial charge in [0.15, 0.2) is 6.61 Å². The average Bonchev–Trinajstić information content (AvgIpc) is 2.72. The van der Waals surface area contributed by atoms with Gasteiger partial charge in [0, 0.05) is 35.4 Å². The molecule has 0 aromatic heterocycles. The fourth-order valence-electron chi connectivity index (χ4n) is 4.41. The van der Waals surface area contributed by atoms with Crippen LogP contribution in [0.25, 0.3) is 0 Å². The van der Waals surface area contributed by atoms with Gasteiger partial charge in [-0.2, -0.15) is 0 Å². The monoisotopic (exact) mass is 475 g/mol. The van der Waals surface area contributed by atoms with Gasteiger partial charge in [0.05, 0.1) is 18.8 Å². The second-order valence-corrected chi connectivity index (χ2v) is 9.27. The Balaban J connectivity index is 2.01. The number of ether oxygens (including phenoxy) is 2. The summed E-state index contributed by atoms with van der Waals surface area (Å²) in [6.07, 6.45) is 0.206. The summed E-state index contributed by atoms with van der Waals surface area (Å²) >= 11 is 6.06. The first-order valence-electron chi connectivity index (χ1n) is 10.9. The third kappa shape index (κ3) is 6.47. The number of hydrogen-bond acceptors (Lipinski definition) is 5. The first kappa shape index (κ1) is 25.0. The number of hydrogen-bond donors (Lipinski definition) is 3. The number of aliphatic hydroxyl groups excluding tert-OH is 1. The van der Waals surface area contributed by atoms with Crippen molar-refractivity contribution in [3.8, 4) is 5.75 Å². The number of aryl methyl sites for hydroxylation is 2. The first-order chi connectivity index (χ1) is 15.6. The van der Waals surface area contributed by atoms with Gasteiger partial charge >= 0.3 is 5.97 Å². The van der Waals surface area contributed by atoms with Gasteiger partial charge in [-0.1, -0.05) is 35.4 Å². The van der Waals surface area contributed by atoms with Gasteiger partial charge in [0.25, 0.3) is 0 Å². The molecule has 3 N–H and O–H groups in total. The highest BCUT2D eigenvalue weighted by Gasteiger charge is 2.41. The lowest BCUT2D eigenvalue weighted by Gasteiger charge is -2.43. The van der Waals surface area contributed by atoms with Crippen LogP contribution in [0.1, 0.15) is 60.6 Å². The van der Waals surface area contributed by atoms with Crippen molar-refractivity contribution < 1.29 is 29.3 Å². The van der Waals surface area contributed by atoms with E-state index >= 15 is 0 Å². The fourth-order valence-corrected chi connectivity index (χ4v) is 4.54. The highest BCUT2D eigenvalue weighted by Crippen LogP contribution is 2.46. The number of nitrogens with one attached hydrogen (secondary N) is 1. The number of carboxylic acids is 1. The summed E-state index contributed by atoms with van der Waals surface area (Å²) in [7, 11) is 0. The van der Waals surface area contributed by atoms with Crippen LogP contribution < -0.4 is 10.1 Å². The molecule has 1 amide bonds. The maximum absolute atomic E-state index is 12.4. The molecule has 0 unspecified atom stereocenters. The van der Waals surface area contributed by atoms with Crippen LogP contribution in [-0.2, 0) is 14.3 Å². The quantitative estimate of drug-likeness (QED) is 0.526. The Bertz CT molecular complexity index is 1010. The molecule has 7 nitrogen and oxygen atoms in total. The molecule has 3 rings (SSSR count). The Morgan fingerprint density at radius 2 is 1.85 bits per heavy atom. The first-order valence-corrected chi connectivity index (χ1v) is 11.3. The zero-order chi connectivity index (χ0) is 24.2. The highest BCUT2D eigenvalue weighted by molar-refractivity contribution is 6.30. The van der Waals surface area contributed by atoms with Crippen molar-refractivity contribution in [1.82, 2.24) is 5.32 Å². The Labute approximate surface area is 198 Å². The topological polar surface area (TPSA) is 105 Å². The summed E-state index contributed by atoms with van der Waals surface area (Å²) in [6, 6.07) is 11.3. The number of halogens is 1. The Morgan fingerprint density at radius 3 is 2.48 bits per heavy atom. The van der Waals surface area contributed by atoms with Gasteiger partial charge in [0.1, 0.15) is 5.75 Å². The summed E-state index contributed by atoms with van der Waals surface area (Å²) in [5.74, 6) is -0.822. The van der Waals surface area contributed by atoms with E-state index in [1.54, 1.807) is 12.1 Å². The number of carbonyl (C=O) groups excluding carboxylic acids is 1. The lowest BCUT2D eigenvalue weighted by molar-refractivity contribution is -0.139. The van der Waals surface area contributed by atoms with Crippen molar-refractivity contribution >= 4 is 23.5 Å². The lowest BCUT2D eigenvalue weighted by Crippen LogP contribution is -2.51. The number of benzene rings is 2. The van der Waals surface area contributed by atoms with Crippen LogP contribution in [-0.4, -0.2) is 40.8 Å². The number of carbonyl (C=O) groups is 2. The predicted octanol–water partition coefficient (Wildman–Crippen LogP) is 4.27. The molecular formula is C25H30ClNO6. The summed E-state index contributed by atoms with van der Waals surface area (Å²) in [4.78, 5) is 23.5. The van der Waals surface area contributed by atoms with E-state index in [2.05, 4.69) is 5.32 Å². The molecule has 1 saturated heterocycles. The molecule has 0 saturated carbocycles. The largest absolute Gasteiger partial charge is 0.481 e. The third-order valence-corrected chi connectivity index (χ3v) is 6.01. The number of rotatable bonds is 8. The normalized spacial score (nSPS) is 22.6. The average molecular weight is 476 g/mol. The van der Waals surface area contributed by atoms with Crippen molar-refractivity contribution in [2.45, 2.75) is 57.8 Å². The van der Waals surface area contributed by atoms with Gasteiger partial charge in [-0.05, 0) is 50.1 Å². The van der Waals surface area contributed by atoms with Crippen molar-refractivity contribution in [2.24, 2.45) is 0 Å². The van der Waals surface area contributed by atoms with Crippen LogP contribution in [0.5, 0.6) is 5.75 Å². The van der Waals surface area contributed by atoms with E-state index in [9.17, 15) is 14.7 Å². The number of carboxylic acid groups (broad SMARTS) is 1. The Hall–Kier alpha value is -2.61. The zero-order valence-corrected chi connectivity index (χ0v) is 19.8. The van der Waals surface area contributed by atoms with Crippen LogP contribution in [0.15, 0.2) is 36.4 Å². The summed E-state index contributed by atoms with van der Waals surface area (Å²) in [6.45, 7) is 5.09. The number of amides is 1. The maximum Gasteiger partial charge on any atom is 0.341 e. The molecule has 0 spiro atoms. The second-order valence-electron chi connectivity index (χ2n) is 8.84. The molecule has 33 heavy (non-hydrogen) atoms. The van der Waals surface area contributed by atoms with Crippen molar-refractivity contribution in [3.63, 3.8) is 0 Å².